The van der Waals surface area contributed by atoms with Gasteiger partial charge >= 0.3 is 5.97 Å². The fourth-order valence-electron chi connectivity index (χ4n) is 2.33. The minimum Gasteiger partial charge on any atom is -0.480 e. The van der Waals surface area contributed by atoms with E-state index < -0.39 is 5.97 Å². The van der Waals surface area contributed by atoms with Crippen LogP contribution in [0.4, 0.5) is 5.69 Å². The van der Waals surface area contributed by atoms with Gasteiger partial charge in [-0.3, -0.25) is 0 Å². The third-order valence-electron chi connectivity index (χ3n) is 3.12. The predicted octanol–water partition coefficient (Wildman–Crippen LogP) is 2.26. The zero-order valence-corrected chi connectivity index (χ0v) is 10.7. The number of hydrogen-bond donors (Lipinski definition) is 1. The van der Waals surface area contributed by atoms with Gasteiger partial charge in [-0.15, -0.1) is 0 Å². The largest absolute Gasteiger partial charge is 0.480 e. The number of nitrogens with zero attached hydrogens (tertiary/aromatic N) is 1. The van der Waals surface area contributed by atoms with Gasteiger partial charge in [0.05, 0.1) is 0 Å². The van der Waals surface area contributed by atoms with Gasteiger partial charge in [0.15, 0.2) is 0 Å². The van der Waals surface area contributed by atoms with Gasteiger partial charge in [0, 0.05) is 18.7 Å². The number of para-hydroxylation sites is 1. The van der Waals surface area contributed by atoms with Crippen molar-refractivity contribution >= 4 is 23.4 Å². The third kappa shape index (κ3) is 2.57. The number of rotatable bonds is 5. The molecule has 4 heteroatoms. The summed E-state index contributed by atoms with van der Waals surface area (Å²) in [5.74, 6) is 0.357. The van der Waals surface area contributed by atoms with E-state index in [4.69, 9.17) is 0 Å². The van der Waals surface area contributed by atoms with Gasteiger partial charge in [-0.05, 0) is 30.1 Å². The van der Waals surface area contributed by atoms with Crippen molar-refractivity contribution in [3.8, 4) is 0 Å². The quantitative estimate of drug-likeness (QED) is 0.815. The monoisotopic (exact) mass is 251 g/mol. The third-order valence-corrected chi connectivity index (χ3v) is 3.82. The number of carboxylic acid groups (broad SMARTS) is 1. The van der Waals surface area contributed by atoms with Crippen molar-refractivity contribution in [3.05, 3.63) is 29.8 Å². The molecule has 1 heterocycles. The second kappa shape index (κ2) is 5.45. The summed E-state index contributed by atoms with van der Waals surface area (Å²) in [6, 6.07) is 7.62. The van der Waals surface area contributed by atoms with Crippen LogP contribution in [0.5, 0.6) is 0 Å². The Kier molecular flexibility index (Phi) is 3.94. The van der Waals surface area contributed by atoms with Crippen LogP contribution in [0.25, 0.3) is 0 Å². The lowest BCUT2D eigenvalue weighted by molar-refractivity contribution is -0.138. The summed E-state index contributed by atoms with van der Waals surface area (Å²) in [4.78, 5) is 13.3. The van der Waals surface area contributed by atoms with Crippen LogP contribution in [0.1, 0.15) is 12.0 Å². The molecule has 1 unspecified atom stereocenters. The molecule has 0 fully saturated rings. The van der Waals surface area contributed by atoms with Crippen molar-refractivity contribution in [2.24, 2.45) is 0 Å². The molecule has 1 aromatic carbocycles. The number of aliphatic carboxylic acids is 1. The van der Waals surface area contributed by atoms with Crippen LogP contribution in [-0.4, -0.2) is 35.7 Å². The van der Waals surface area contributed by atoms with Gasteiger partial charge in [0.1, 0.15) is 6.04 Å². The number of anilines is 1. The molecular weight excluding hydrogens is 234 g/mol. The summed E-state index contributed by atoms with van der Waals surface area (Å²) in [6.45, 7) is 0.828. The molecule has 0 saturated heterocycles. The fraction of sp³-hybridized carbons (Fsp3) is 0.462. The smallest absolute Gasteiger partial charge is 0.326 e. The Morgan fingerprint density at radius 3 is 3.00 bits per heavy atom. The molecule has 0 radical (unpaired) electrons. The van der Waals surface area contributed by atoms with E-state index in [1.807, 2.05) is 29.2 Å². The van der Waals surface area contributed by atoms with Crippen LogP contribution < -0.4 is 4.90 Å². The normalized spacial score (nSPS) is 18.2. The standard InChI is InChI=1S/C13H17NO2S/c1-17-8-4-7-14-11-6-3-2-5-10(11)9-12(14)13(15)16/h2-3,5-6,12H,4,7-9H2,1H3,(H,15,16). The summed E-state index contributed by atoms with van der Waals surface area (Å²) in [5, 5.41) is 9.27. The Hall–Kier alpha value is -1.16. The van der Waals surface area contributed by atoms with Crippen LogP contribution in [0.2, 0.25) is 0 Å². The Morgan fingerprint density at radius 2 is 2.29 bits per heavy atom. The second-order valence-corrected chi connectivity index (χ2v) is 5.21. The highest BCUT2D eigenvalue weighted by Crippen LogP contribution is 2.32. The van der Waals surface area contributed by atoms with Crippen LogP contribution >= 0.6 is 11.8 Å². The predicted molar refractivity (Wildman–Crippen MR) is 71.9 cm³/mol. The van der Waals surface area contributed by atoms with E-state index >= 15 is 0 Å². The first kappa shape index (κ1) is 12.3. The molecule has 1 aliphatic rings. The highest BCUT2D eigenvalue weighted by Gasteiger charge is 2.33. The van der Waals surface area contributed by atoms with Gasteiger partial charge in [0.2, 0.25) is 0 Å². The first-order valence-electron chi connectivity index (χ1n) is 5.80. The van der Waals surface area contributed by atoms with Crippen LogP contribution in [0, 0.1) is 0 Å². The van der Waals surface area contributed by atoms with E-state index in [0.717, 1.165) is 30.0 Å². The van der Waals surface area contributed by atoms with E-state index in [2.05, 4.69) is 6.26 Å². The summed E-state index contributed by atoms with van der Waals surface area (Å²) in [6.07, 6.45) is 3.73. The molecule has 2 rings (SSSR count). The first-order chi connectivity index (χ1) is 8.24. The minimum atomic E-state index is -0.717. The molecule has 17 heavy (non-hydrogen) atoms. The Labute approximate surface area is 106 Å². The Balaban J connectivity index is 2.15. The van der Waals surface area contributed by atoms with Crippen molar-refractivity contribution in [3.63, 3.8) is 0 Å². The zero-order valence-electron chi connectivity index (χ0n) is 9.93. The first-order valence-corrected chi connectivity index (χ1v) is 7.19. The Morgan fingerprint density at radius 1 is 1.53 bits per heavy atom. The maximum absolute atomic E-state index is 11.3. The van der Waals surface area contributed by atoms with Gasteiger partial charge < -0.3 is 10.0 Å². The molecule has 1 aromatic rings. The van der Waals surface area contributed by atoms with Crippen LogP contribution in [0.15, 0.2) is 24.3 Å². The average molecular weight is 251 g/mol. The molecular formula is C13H17NO2S. The molecule has 0 saturated carbocycles. The lowest BCUT2D eigenvalue weighted by Gasteiger charge is -2.24. The lowest BCUT2D eigenvalue weighted by Crippen LogP contribution is -2.39. The summed E-state index contributed by atoms with van der Waals surface area (Å²) >= 11 is 1.80. The summed E-state index contributed by atoms with van der Waals surface area (Å²) < 4.78 is 0. The number of carboxylic acids is 1. The van der Waals surface area contributed by atoms with E-state index in [1.165, 1.54) is 0 Å². The molecule has 0 amide bonds. The van der Waals surface area contributed by atoms with Crippen LogP contribution in [0.3, 0.4) is 0 Å². The van der Waals surface area contributed by atoms with Gasteiger partial charge in [-0.1, -0.05) is 18.2 Å². The van der Waals surface area contributed by atoms with E-state index in [0.29, 0.717) is 6.42 Å². The number of benzene rings is 1. The molecule has 1 aliphatic heterocycles. The molecule has 0 spiro atoms. The molecule has 3 nitrogen and oxygen atoms in total. The Bertz CT molecular complexity index is 408. The molecule has 0 aromatic heterocycles. The lowest BCUT2D eigenvalue weighted by atomic mass is 10.1. The van der Waals surface area contributed by atoms with E-state index in [1.54, 1.807) is 11.8 Å². The van der Waals surface area contributed by atoms with Gasteiger partial charge in [-0.25, -0.2) is 4.79 Å². The van der Waals surface area contributed by atoms with Gasteiger partial charge in [0.25, 0.3) is 0 Å². The maximum Gasteiger partial charge on any atom is 0.326 e. The summed E-state index contributed by atoms with van der Waals surface area (Å²) in [7, 11) is 0. The molecule has 0 aliphatic carbocycles. The molecule has 1 N–H and O–H groups in total. The van der Waals surface area contributed by atoms with Crippen molar-refractivity contribution in [2.75, 3.05) is 23.5 Å². The minimum absolute atomic E-state index is 0.380. The van der Waals surface area contributed by atoms with E-state index in [9.17, 15) is 9.90 Å². The molecule has 0 bridgehead atoms. The topological polar surface area (TPSA) is 40.5 Å². The van der Waals surface area contributed by atoms with Crippen molar-refractivity contribution in [2.45, 2.75) is 18.9 Å². The van der Waals surface area contributed by atoms with Crippen molar-refractivity contribution < 1.29 is 9.90 Å². The molecule has 1 atom stereocenters. The fourth-order valence-corrected chi connectivity index (χ4v) is 2.74. The highest BCUT2D eigenvalue weighted by molar-refractivity contribution is 7.98. The van der Waals surface area contributed by atoms with Crippen molar-refractivity contribution in [1.29, 1.82) is 0 Å². The average Bonchev–Trinajstić information content (AvgIpc) is 2.69. The number of hydrogen-bond acceptors (Lipinski definition) is 3. The summed E-state index contributed by atoms with van der Waals surface area (Å²) in [5.41, 5.74) is 2.25. The van der Waals surface area contributed by atoms with Gasteiger partial charge in [-0.2, -0.15) is 11.8 Å². The number of thioether (sulfide) groups is 1. The zero-order chi connectivity index (χ0) is 12.3. The number of carbonyl (C=O) groups is 1. The highest BCUT2D eigenvalue weighted by atomic mass is 32.2. The maximum atomic E-state index is 11.3. The molecule has 92 valence electrons. The van der Waals surface area contributed by atoms with Crippen LogP contribution in [-0.2, 0) is 11.2 Å². The second-order valence-electron chi connectivity index (χ2n) is 4.23. The van der Waals surface area contributed by atoms with E-state index in [-0.39, 0.29) is 6.04 Å². The van der Waals surface area contributed by atoms with Crippen molar-refractivity contribution in [1.82, 2.24) is 0 Å². The SMILES string of the molecule is CSCCCN1c2ccccc2CC1C(=O)O. The number of fused-ring (bicyclic) bond motifs is 1.